The van der Waals surface area contributed by atoms with E-state index < -0.39 is 0 Å². The molecule has 1 heterocycles. The van der Waals surface area contributed by atoms with Crippen molar-refractivity contribution in [2.75, 3.05) is 12.4 Å². The summed E-state index contributed by atoms with van der Waals surface area (Å²) in [6.07, 6.45) is 2.21. The number of rotatable bonds is 4. The van der Waals surface area contributed by atoms with Crippen molar-refractivity contribution < 1.29 is 9.59 Å². The third-order valence-electron chi connectivity index (χ3n) is 5.37. The van der Waals surface area contributed by atoms with Crippen molar-refractivity contribution in [2.24, 2.45) is 11.8 Å². The van der Waals surface area contributed by atoms with Crippen LogP contribution < -0.4 is 10.6 Å². The van der Waals surface area contributed by atoms with Crippen molar-refractivity contribution in [1.82, 2.24) is 10.3 Å². The van der Waals surface area contributed by atoms with Gasteiger partial charge in [-0.2, -0.15) is 5.26 Å². The van der Waals surface area contributed by atoms with Crippen LogP contribution in [0.1, 0.15) is 22.3 Å². The van der Waals surface area contributed by atoms with Crippen LogP contribution in [0.15, 0.2) is 42.6 Å². The summed E-state index contributed by atoms with van der Waals surface area (Å²) in [7, 11) is 1.60. The van der Waals surface area contributed by atoms with Crippen molar-refractivity contribution in [3.8, 4) is 17.2 Å². The zero-order valence-electron chi connectivity index (χ0n) is 16.5. The molecule has 0 saturated heterocycles. The Hall–Kier alpha value is -3.43. The Balaban J connectivity index is 1.71. The lowest BCUT2D eigenvalue weighted by atomic mass is 9.96. The number of hydrogen-bond acceptors (Lipinski definition) is 4. The van der Waals surface area contributed by atoms with E-state index in [2.05, 4.69) is 21.7 Å². The van der Waals surface area contributed by atoms with Crippen LogP contribution in [0.5, 0.6) is 0 Å². The average Bonchev–Trinajstić information content (AvgIpc) is 3.53. The lowest BCUT2D eigenvalue weighted by Crippen LogP contribution is -2.17. The molecule has 2 N–H and O–H groups in total. The van der Waals surface area contributed by atoms with Crippen LogP contribution in [0.3, 0.4) is 0 Å². The molecule has 2 amide bonds. The van der Waals surface area contributed by atoms with Crippen LogP contribution in [0.2, 0.25) is 5.02 Å². The van der Waals surface area contributed by atoms with E-state index in [0.717, 1.165) is 27.5 Å². The number of carbonyl (C=O) groups excluding carboxylic acids is 2. The largest absolute Gasteiger partial charge is 0.355 e. The molecule has 0 spiro atoms. The van der Waals surface area contributed by atoms with Gasteiger partial charge in [0, 0.05) is 24.2 Å². The van der Waals surface area contributed by atoms with Gasteiger partial charge in [-0.05, 0) is 65.8 Å². The molecule has 1 fully saturated rings. The van der Waals surface area contributed by atoms with Crippen LogP contribution in [-0.4, -0.2) is 23.8 Å². The monoisotopic (exact) mass is 418 g/mol. The van der Waals surface area contributed by atoms with Gasteiger partial charge in [0.25, 0.3) is 5.91 Å². The summed E-state index contributed by atoms with van der Waals surface area (Å²) in [4.78, 5) is 28.6. The topological polar surface area (TPSA) is 94.9 Å². The first-order valence-corrected chi connectivity index (χ1v) is 9.92. The number of halogens is 1. The van der Waals surface area contributed by atoms with E-state index in [0.29, 0.717) is 22.8 Å². The molecule has 0 radical (unpaired) electrons. The van der Waals surface area contributed by atoms with Crippen molar-refractivity contribution >= 4 is 40.0 Å². The zero-order valence-corrected chi connectivity index (χ0v) is 17.2. The first-order valence-electron chi connectivity index (χ1n) is 9.54. The third kappa shape index (κ3) is 3.72. The van der Waals surface area contributed by atoms with Crippen molar-refractivity contribution in [2.45, 2.75) is 13.3 Å². The molecule has 2 aromatic carbocycles. The lowest BCUT2D eigenvalue weighted by Gasteiger charge is -2.12. The molecule has 6 nitrogen and oxygen atoms in total. The Morgan fingerprint density at radius 2 is 2.03 bits per heavy atom. The fraction of sp³-hybridized carbons (Fsp3) is 0.217. The number of fused-ring (bicyclic) bond motifs is 1. The highest BCUT2D eigenvalue weighted by Gasteiger charge is 2.43. The predicted molar refractivity (Wildman–Crippen MR) is 116 cm³/mol. The molecule has 7 heteroatoms. The minimum atomic E-state index is -0.266. The summed E-state index contributed by atoms with van der Waals surface area (Å²) < 4.78 is 0. The lowest BCUT2D eigenvalue weighted by molar-refractivity contribution is -0.117. The van der Waals surface area contributed by atoms with E-state index in [1.165, 1.54) is 0 Å². The summed E-state index contributed by atoms with van der Waals surface area (Å²) in [5.41, 5.74) is 3.34. The summed E-state index contributed by atoms with van der Waals surface area (Å²) in [6.45, 7) is 1.97. The van der Waals surface area contributed by atoms with E-state index in [1.54, 1.807) is 25.4 Å². The molecule has 1 aromatic heterocycles. The molecule has 30 heavy (non-hydrogen) atoms. The second-order valence-electron chi connectivity index (χ2n) is 7.42. The number of pyridine rings is 1. The van der Waals surface area contributed by atoms with Crippen LogP contribution in [0.25, 0.3) is 21.9 Å². The Labute approximate surface area is 178 Å². The van der Waals surface area contributed by atoms with Gasteiger partial charge in [0.1, 0.15) is 5.82 Å². The predicted octanol–water partition coefficient (Wildman–Crippen LogP) is 4.32. The normalized spacial score (nSPS) is 17.3. The van der Waals surface area contributed by atoms with Gasteiger partial charge in [-0.1, -0.05) is 17.7 Å². The number of amides is 2. The van der Waals surface area contributed by atoms with Crippen LogP contribution >= 0.6 is 11.6 Å². The van der Waals surface area contributed by atoms with E-state index in [9.17, 15) is 9.59 Å². The summed E-state index contributed by atoms with van der Waals surface area (Å²) in [5, 5.41) is 16.4. The highest BCUT2D eigenvalue weighted by molar-refractivity contribution is 6.36. The molecule has 0 aliphatic heterocycles. The van der Waals surface area contributed by atoms with Gasteiger partial charge in [-0.25, -0.2) is 4.98 Å². The van der Waals surface area contributed by atoms with E-state index in [4.69, 9.17) is 16.9 Å². The molecule has 1 aliphatic carbocycles. The van der Waals surface area contributed by atoms with Crippen molar-refractivity contribution in [3.63, 3.8) is 0 Å². The van der Waals surface area contributed by atoms with Gasteiger partial charge in [0.2, 0.25) is 5.91 Å². The molecule has 0 bridgehead atoms. The first kappa shape index (κ1) is 19.9. The second-order valence-corrected chi connectivity index (χ2v) is 7.83. The minimum absolute atomic E-state index is 0.159. The van der Waals surface area contributed by atoms with E-state index >= 15 is 0 Å². The first-order chi connectivity index (χ1) is 14.4. The highest BCUT2D eigenvalue weighted by atomic mass is 35.5. The smallest absolute Gasteiger partial charge is 0.251 e. The second kappa shape index (κ2) is 7.77. The fourth-order valence-corrected chi connectivity index (χ4v) is 3.78. The maximum atomic E-state index is 12.2. The summed E-state index contributed by atoms with van der Waals surface area (Å²) >= 11 is 6.51. The SMILES string of the molecule is CNC(=O)c1ccc(C)c(-c2cc(Cl)c3cnc(NC(=O)C4CC4C#N)cc3c2)c1. The zero-order chi connectivity index (χ0) is 21.4. The van der Waals surface area contributed by atoms with Gasteiger partial charge < -0.3 is 10.6 Å². The standard InChI is InChI=1S/C23H19ClN4O2/c1-12-3-4-13(22(29)26-2)6-17(12)14-5-15-9-21(27-11-19(15)20(24)8-14)28-23(30)18-7-16(18)10-25/h3-6,8-9,11,16,18H,7H2,1-2H3,(H,26,29)(H,27,28,30). The molecule has 4 rings (SSSR count). The van der Waals surface area contributed by atoms with Gasteiger partial charge in [-0.3, -0.25) is 9.59 Å². The number of benzene rings is 2. The Kier molecular flexibility index (Phi) is 5.15. The average molecular weight is 419 g/mol. The van der Waals surface area contributed by atoms with Crippen LogP contribution in [0, 0.1) is 30.1 Å². The Morgan fingerprint density at radius 1 is 1.23 bits per heavy atom. The molecular weight excluding hydrogens is 400 g/mol. The maximum Gasteiger partial charge on any atom is 0.251 e. The number of nitrogens with zero attached hydrogens (tertiary/aromatic N) is 2. The Bertz CT molecular complexity index is 1230. The molecule has 1 aliphatic rings. The maximum absolute atomic E-state index is 12.2. The molecule has 1 saturated carbocycles. The number of carbonyl (C=O) groups is 2. The highest BCUT2D eigenvalue weighted by Crippen LogP contribution is 2.39. The number of nitrogens with one attached hydrogen (secondary N) is 2. The van der Waals surface area contributed by atoms with Gasteiger partial charge in [0.15, 0.2) is 0 Å². The third-order valence-corrected chi connectivity index (χ3v) is 5.68. The minimum Gasteiger partial charge on any atom is -0.355 e. The summed E-state index contributed by atoms with van der Waals surface area (Å²) in [5.74, 6) is -0.405. The van der Waals surface area contributed by atoms with E-state index in [1.807, 2.05) is 31.2 Å². The molecular formula is C23H19ClN4O2. The number of aryl methyl sites for hydroxylation is 1. The number of anilines is 1. The van der Waals surface area contributed by atoms with Crippen LogP contribution in [-0.2, 0) is 4.79 Å². The molecule has 3 aromatic rings. The molecule has 150 valence electrons. The number of nitriles is 1. The Morgan fingerprint density at radius 3 is 2.73 bits per heavy atom. The summed E-state index contributed by atoms with van der Waals surface area (Å²) in [6, 6.07) is 13.2. The van der Waals surface area contributed by atoms with Gasteiger partial charge >= 0.3 is 0 Å². The molecule has 2 unspecified atom stereocenters. The fourth-order valence-electron chi connectivity index (χ4n) is 3.50. The number of hydrogen-bond donors (Lipinski definition) is 2. The quantitative estimate of drug-likeness (QED) is 0.659. The number of aromatic nitrogens is 1. The van der Waals surface area contributed by atoms with Gasteiger partial charge in [-0.15, -0.1) is 0 Å². The van der Waals surface area contributed by atoms with Gasteiger partial charge in [0.05, 0.1) is 22.9 Å². The van der Waals surface area contributed by atoms with E-state index in [-0.39, 0.29) is 23.7 Å². The molecule has 2 atom stereocenters. The van der Waals surface area contributed by atoms with Crippen LogP contribution in [0.4, 0.5) is 5.82 Å². The van der Waals surface area contributed by atoms with Crippen molar-refractivity contribution in [3.05, 3.63) is 58.7 Å². The van der Waals surface area contributed by atoms with Crippen molar-refractivity contribution in [1.29, 1.82) is 5.26 Å².